The van der Waals surface area contributed by atoms with E-state index in [0.29, 0.717) is 5.69 Å². The van der Waals surface area contributed by atoms with Crippen molar-refractivity contribution in [3.8, 4) is 0 Å². The number of nitrogens with two attached hydrogens (primary N) is 1. The Kier molecular flexibility index (Phi) is 1.98. The van der Waals surface area contributed by atoms with E-state index in [1.807, 2.05) is 6.92 Å². The fourth-order valence-electron chi connectivity index (χ4n) is 0.752. The summed E-state index contributed by atoms with van der Waals surface area (Å²) in [6.07, 6.45) is 0. The molecule has 1 aromatic rings. The largest absolute Gasteiger partial charge is 0.398 e. The highest BCUT2D eigenvalue weighted by Gasteiger charge is 1.99. The molecule has 0 aliphatic heterocycles. The van der Waals surface area contributed by atoms with Crippen LogP contribution in [0.3, 0.4) is 0 Å². The van der Waals surface area contributed by atoms with Crippen LogP contribution in [0.15, 0.2) is 18.2 Å². The maximum Gasteiger partial charge on any atom is 0.0963 e. The molecule has 0 aliphatic rings. The molecule has 4 heteroatoms. The van der Waals surface area contributed by atoms with Gasteiger partial charge < -0.3 is 5.73 Å². The molecule has 0 radical (unpaired) electrons. The van der Waals surface area contributed by atoms with Gasteiger partial charge in [-0.15, -0.1) is 5.23 Å². The molecule has 0 amide bonds. The number of nitrogen functional groups attached to an aromatic ring is 1. The van der Waals surface area contributed by atoms with Crippen molar-refractivity contribution in [2.75, 3.05) is 11.0 Å². The van der Waals surface area contributed by atoms with Crippen molar-refractivity contribution < 1.29 is 10.4 Å². The van der Waals surface area contributed by atoms with Gasteiger partial charge >= 0.3 is 0 Å². The van der Waals surface area contributed by atoms with Gasteiger partial charge in [0.15, 0.2) is 0 Å². The van der Waals surface area contributed by atoms with Gasteiger partial charge in [-0.1, -0.05) is 6.07 Å². The van der Waals surface area contributed by atoms with Gasteiger partial charge in [0, 0.05) is 5.69 Å². The van der Waals surface area contributed by atoms with E-state index < -0.39 is 0 Å². The smallest absolute Gasteiger partial charge is 0.0963 e. The van der Waals surface area contributed by atoms with E-state index in [1.165, 1.54) is 6.07 Å². The molecule has 0 heterocycles. The van der Waals surface area contributed by atoms with Crippen LogP contribution in [0.25, 0.3) is 0 Å². The summed E-state index contributed by atoms with van der Waals surface area (Å²) in [6, 6.07) is 4.76. The van der Waals surface area contributed by atoms with Gasteiger partial charge in [0.1, 0.15) is 0 Å². The van der Waals surface area contributed by atoms with Crippen LogP contribution in [0.1, 0.15) is 5.56 Å². The van der Waals surface area contributed by atoms with Crippen molar-refractivity contribution >= 4 is 11.4 Å². The zero-order valence-corrected chi connectivity index (χ0v) is 6.15. The number of nitrogens with zero attached hydrogens (tertiary/aromatic N) is 1. The Morgan fingerprint density at radius 2 is 2.00 bits per heavy atom. The molecule has 0 atom stereocenters. The van der Waals surface area contributed by atoms with Gasteiger partial charge in [0.2, 0.25) is 0 Å². The summed E-state index contributed by atoms with van der Waals surface area (Å²) < 4.78 is 0. The van der Waals surface area contributed by atoms with Crippen molar-refractivity contribution in [1.82, 2.24) is 0 Å². The number of hydrogen-bond donors (Lipinski definition) is 3. The molecule has 0 aromatic heterocycles. The molecular weight excluding hydrogens is 144 g/mol. The molecule has 11 heavy (non-hydrogen) atoms. The summed E-state index contributed by atoms with van der Waals surface area (Å²) in [5.74, 6) is 0. The fourth-order valence-corrected chi connectivity index (χ4v) is 0.752. The van der Waals surface area contributed by atoms with E-state index in [2.05, 4.69) is 0 Å². The van der Waals surface area contributed by atoms with Gasteiger partial charge in [-0.25, -0.2) is 0 Å². The van der Waals surface area contributed by atoms with Crippen LogP contribution in [0.4, 0.5) is 11.4 Å². The van der Waals surface area contributed by atoms with Crippen LogP contribution in [-0.2, 0) is 0 Å². The lowest BCUT2D eigenvalue weighted by molar-refractivity contribution is 0.0292. The standard InChI is InChI=1S/C7H10N2O2/c1-5-2-3-6(9(10)11)4-7(5)8/h2-4,10-11H,8H2,1H3. The molecule has 0 saturated heterocycles. The van der Waals surface area contributed by atoms with E-state index >= 15 is 0 Å². The summed E-state index contributed by atoms with van der Waals surface area (Å²) in [6.45, 7) is 1.85. The SMILES string of the molecule is Cc1ccc(N(O)O)cc1N. The molecule has 1 rings (SSSR count). The highest BCUT2D eigenvalue weighted by atomic mass is 16.8. The molecule has 4 nitrogen and oxygen atoms in total. The summed E-state index contributed by atoms with van der Waals surface area (Å²) >= 11 is 0. The quantitative estimate of drug-likeness (QED) is 0.419. The third-order valence-corrected chi connectivity index (χ3v) is 1.49. The molecule has 0 aliphatic carbocycles. The van der Waals surface area contributed by atoms with Gasteiger partial charge in [0.05, 0.1) is 5.69 Å². The zero-order valence-electron chi connectivity index (χ0n) is 6.15. The first-order valence-corrected chi connectivity index (χ1v) is 3.15. The van der Waals surface area contributed by atoms with E-state index in [0.717, 1.165) is 5.56 Å². The third kappa shape index (κ3) is 1.60. The Morgan fingerprint density at radius 1 is 1.36 bits per heavy atom. The van der Waals surface area contributed by atoms with Crippen molar-refractivity contribution in [2.24, 2.45) is 0 Å². The number of rotatable bonds is 1. The van der Waals surface area contributed by atoms with Crippen LogP contribution in [0.2, 0.25) is 0 Å². The lowest BCUT2D eigenvalue weighted by atomic mass is 10.2. The van der Waals surface area contributed by atoms with Crippen molar-refractivity contribution in [3.63, 3.8) is 0 Å². The van der Waals surface area contributed by atoms with E-state index in [-0.39, 0.29) is 10.9 Å². The Bertz CT molecular complexity index is 261. The molecule has 4 N–H and O–H groups in total. The Morgan fingerprint density at radius 3 is 2.45 bits per heavy atom. The normalized spacial score (nSPS) is 9.73. The summed E-state index contributed by atoms with van der Waals surface area (Å²) in [5.41, 5.74) is 7.22. The van der Waals surface area contributed by atoms with Gasteiger partial charge in [0.25, 0.3) is 0 Å². The summed E-state index contributed by atoms with van der Waals surface area (Å²) in [7, 11) is 0. The topological polar surface area (TPSA) is 69.7 Å². The first kappa shape index (κ1) is 7.84. The Hall–Kier alpha value is -1.26. The van der Waals surface area contributed by atoms with Crippen LogP contribution in [0.5, 0.6) is 0 Å². The Balaban J connectivity index is 3.05. The van der Waals surface area contributed by atoms with Crippen molar-refractivity contribution in [2.45, 2.75) is 6.92 Å². The number of benzene rings is 1. The second-order valence-corrected chi connectivity index (χ2v) is 2.33. The summed E-state index contributed by atoms with van der Waals surface area (Å²) in [5, 5.41) is 17.2. The van der Waals surface area contributed by atoms with Gasteiger partial charge in [-0.3, -0.25) is 10.4 Å². The van der Waals surface area contributed by atoms with E-state index in [9.17, 15) is 0 Å². The first-order valence-electron chi connectivity index (χ1n) is 3.15. The first-order chi connectivity index (χ1) is 5.11. The predicted molar refractivity (Wildman–Crippen MR) is 41.6 cm³/mol. The maximum atomic E-state index is 8.57. The lowest BCUT2D eigenvalue weighted by Gasteiger charge is -2.08. The van der Waals surface area contributed by atoms with Gasteiger partial charge in [-0.2, -0.15) is 0 Å². The average Bonchev–Trinajstić information content (AvgIpc) is 1.94. The number of aryl methyl sites for hydroxylation is 1. The monoisotopic (exact) mass is 154 g/mol. The number of anilines is 2. The van der Waals surface area contributed by atoms with Crippen molar-refractivity contribution in [3.05, 3.63) is 23.8 Å². The molecule has 1 aromatic carbocycles. The minimum Gasteiger partial charge on any atom is -0.398 e. The minimum absolute atomic E-state index is 0.0375. The molecule has 0 bridgehead atoms. The molecular formula is C7H10N2O2. The van der Waals surface area contributed by atoms with Crippen LogP contribution < -0.4 is 11.0 Å². The average molecular weight is 154 g/mol. The zero-order chi connectivity index (χ0) is 8.43. The highest BCUT2D eigenvalue weighted by molar-refractivity contribution is 5.57. The Labute approximate surface area is 64.4 Å². The van der Waals surface area contributed by atoms with E-state index in [4.69, 9.17) is 16.1 Å². The van der Waals surface area contributed by atoms with E-state index in [1.54, 1.807) is 12.1 Å². The fraction of sp³-hybridized carbons (Fsp3) is 0.143. The molecule has 0 spiro atoms. The third-order valence-electron chi connectivity index (χ3n) is 1.49. The second-order valence-electron chi connectivity index (χ2n) is 2.33. The minimum atomic E-state index is 0.0375. The van der Waals surface area contributed by atoms with Gasteiger partial charge in [-0.05, 0) is 24.6 Å². The number of hydrogen-bond acceptors (Lipinski definition) is 4. The molecule has 0 fully saturated rings. The maximum absolute atomic E-state index is 8.57. The van der Waals surface area contributed by atoms with Crippen molar-refractivity contribution in [1.29, 1.82) is 0 Å². The lowest BCUT2D eigenvalue weighted by Crippen LogP contribution is -2.11. The highest BCUT2D eigenvalue weighted by Crippen LogP contribution is 2.18. The van der Waals surface area contributed by atoms with Crippen LogP contribution in [0, 0.1) is 6.92 Å². The molecule has 60 valence electrons. The van der Waals surface area contributed by atoms with Crippen LogP contribution in [-0.4, -0.2) is 10.4 Å². The second kappa shape index (κ2) is 2.77. The summed E-state index contributed by atoms with van der Waals surface area (Å²) in [4.78, 5) is 0. The predicted octanol–water partition coefficient (Wildman–Crippen LogP) is 1.16. The molecule has 0 unspecified atom stereocenters. The molecule has 0 saturated carbocycles. The van der Waals surface area contributed by atoms with Crippen LogP contribution >= 0.6 is 0 Å².